The van der Waals surface area contributed by atoms with Crippen molar-refractivity contribution in [3.8, 4) is 11.5 Å². The summed E-state index contributed by atoms with van der Waals surface area (Å²) in [5.74, 6) is 1.86. The van der Waals surface area contributed by atoms with Gasteiger partial charge in [0.2, 0.25) is 0 Å². The fourth-order valence-electron chi connectivity index (χ4n) is 3.40. The first-order valence-corrected chi connectivity index (χ1v) is 7.68. The van der Waals surface area contributed by atoms with E-state index in [1.165, 1.54) is 37.5 Å². The second kappa shape index (κ2) is 5.74. The highest BCUT2D eigenvalue weighted by atomic mass is 16.5. The number of fused-ring (bicyclic) bond motifs is 1. The highest BCUT2D eigenvalue weighted by molar-refractivity contribution is 5.89. The average Bonchev–Trinajstić information content (AvgIpc) is 2.48. The number of aromatic hydroxyl groups is 1. The Morgan fingerprint density at radius 1 is 1.10 bits per heavy atom. The lowest BCUT2D eigenvalue weighted by Crippen LogP contribution is -2.05. The van der Waals surface area contributed by atoms with E-state index >= 15 is 0 Å². The molecular formula is C18H22O2. The number of ether oxygens (including phenoxy) is 1. The zero-order valence-corrected chi connectivity index (χ0v) is 12.1. The molecule has 0 aliphatic heterocycles. The first kappa shape index (κ1) is 13.3. The number of phenolic OH excluding ortho intramolecular Hbond substituents is 1. The zero-order chi connectivity index (χ0) is 13.9. The Labute approximate surface area is 120 Å². The van der Waals surface area contributed by atoms with Crippen molar-refractivity contribution in [3.05, 3.63) is 35.9 Å². The van der Waals surface area contributed by atoms with Crippen molar-refractivity contribution in [2.45, 2.75) is 44.9 Å². The van der Waals surface area contributed by atoms with E-state index in [0.29, 0.717) is 18.3 Å². The van der Waals surface area contributed by atoms with Gasteiger partial charge in [-0.05, 0) is 54.7 Å². The maximum absolute atomic E-state index is 10.3. The fourth-order valence-corrected chi connectivity index (χ4v) is 3.40. The highest BCUT2D eigenvalue weighted by Crippen LogP contribution is 2.41. The van der Waals surface area contributed by atoms with Gasteiger partial charge in [0.15, 0.2) is 0 Å². The summed E-state index contributed by atoms with van der Waals surface area (Å²) in [7, 11) is 0. The molecule has 0 unspecified atom stereocenters. The van der Waals surface area contributed by atoms with E-state index in [1.54, 1.807) is 0 Å². The Bertz CT molecular complexity index is 598. The van der Waals surface area contributed by atoms with E-state index in [1.807, 2.05) is 25.1 Å². The van der Waals surface area contributed by atoms with Gasteiger partial charge in [-0.25, -0.2) is 0 Å². The van der Waals surface area contributed by atoms with Gasteiger partial charge in [-0.1, -0.05) is 31.4 Å². The smallest absolute Gasteiger partial charge is 0.119 e. The van der Waals surface area contributed by atoms with Crippen LogP contribution in [0.15, 0.2) is 30.3 Å². The molecule has 106 valence electrons. The van der Waals surface area contributed by atoms with E-state index in [9.17, 15) is 5.11 Å². The summed E-state index contributed by atoms with van der Waals surface area (Å²) in [5, 5.41) is 12.6. The second-order valence-electron chi connectivity index (χ2n) is 5.65. The Hall–Kier alpha value is -1.70. The third-order valence-corrected chi connectivity index (χ3v) is 4.33. The minimum atomic E-state index is 0.452. The first-order chi connectivity index (χ1) is 9.79. The van der Waals surface area contributed by atoms with E-state index < -0.39 is 0 Å². The number of benzene rings is 2. The van der Waals surface area contributed by atoms with Crippen molar-refractivity contribution in [2.24, 2.45) is 0 Å². The molecule has 1 N–H and O–H groups in total. The summed E-state index contributed by atoms with van der Waals surface area (Å²) >= 11 is 0. The SMILES string of the molecule is CCOc1ccc2c(C3CCCCC3)c(O)ccc2c1. The average molecular weight is 270 g/mol. The minimum Gasteiger partial charge on any atom is -0.508 e. The Morgan fingerprint density at radius 2 is 1.90 bits per heavy atom. The van der Waals surface area contributed by atoms with Crippen molar-refractivity contribution >= 4 is 10.8 Å². The molecule has 0 bridgehead atoms. The van der Waals surface area contributed by atoms with Crippen LogP contribution in [0, 0.1) is 0 Å². The van der Waals surface area contributed by atoms with Gasteiger partial charge in [-0.15, -0.1) is 0 Å². The van der Waals surface area contributed by atoms with E-state index in [2.05, 4.69) is 12.1 Å². The van der Waals surface area contributed by atoms with Crippen LogP contribution in [0.1, 0.15) is 50.5 Å². The summed E-state index contributed by atoms with van der Waals surface area (Å²) in [6, 6.07) is 10.0. The van der Waals surface area contributed by atoms with Crippen LogP contribution in [-0.4, -0.2) is 11.7 Å². The Kier molecular flexibility index (Phi) is 3.81. The van der Waals surface area contributed by atoms with Crippen LogP contribution in [0.5, 0.6) is 11.5 Å². The molecule has 2 aromatic carbocycles. The van der Waals surface area contributed by atoms with Gasteiger partial charge in [-0.2, -0.15) is 0 Å². The summed E-state index contributed by atoms with van der Waals surface area (Å²) in [6.07, 6.45) is 6.27. The molecule has 1 aliphatic rings. The predicted molar refractivity (Wildman–Crippen MR) is 82.6 cm³/mol. The van der Waals surface area contributed by atoms with Gasteiger partial charge in [0.05, 0.1) is 6.61 Å². The molecule has 2 nitrogen and oxygen atoms in total. The third kappa shape index (κ3) is 2.47. The quantitative estimate of drug-likeness (QED) is 0.851. The Morgan fingerprint density at radius 3 is 2.65 bits per heavy atom. The maximum Gasteiger partial charge on any atom is 0.119 e. The van der Waals surface area contributed by atoms with E-state index in [4.69, 9.17) is 4.74 Å². The monoisotopic (exact) mass is 270 g/mol. The number of hydrogen-bond donors (Lipinski definition) is 1. The molecule has 3 rings (SSSR count). The number of rotatable bonds is 3. The molecule has 0 aromatic heterocycles. The van der Waals surface area contributed by atoms with Gasteiger partial charge in [-0.3, -0.25) is 0 Å². The molecule has 0 atom stereocenters. The Balaban J connectivity index is 2.07. The van der Waals surface area contributed by atoms with Crippen LogP contribution in [0.25, 0.3) is 10.8 Å². The highest BCUT2D eigenvalue weighted by Gasteiger charge is 2.21. The summed E-state index contributed by atoms with van der Waals surface area (Å²) < 4.78 is 5.57. The summed E-state index contributed by atoms with van der Waals surface area (Å²) in [4.78, 5) is 0. The molecule has 2 aromatic rings. The molecule has 0 heterocycles. The molecule has 1 aliphatic carbocycles. The zero-order valence-electron chi connectivity index (χ0n) is 12.1. The minimum absolute atomic E-state index is 0.452. The van der Waals surface area contributed by atoms with Crippen LogP contribution in [-0.2, 0) is 0 Å². The molecule has 1 saturated carbocycles. The van der Waals surface area contributed by atoms with Crippen molar-refractivity contribution in [1.82, 2.24) is 0 Å². The van der Waals surface area contributed by atoms with Gasteiger partial charge < -0.3 is 9.84 Å². The molecule has 0 spiro atoms. The number of hydrogen-bond acceptors (Lipinski definition) is 2. The topological polar surface area (TPSA) is 29.5 Å². The predicted octanol–water partition coefficient (Wildman–Crippen LogP) is 4.99. The van der Waals surface area contributed by atoms with E-state index in [-0.39, 0.29) is 0 Å². The van der Waals surface area contributed by atoms with Crippen molar-refractivity contribution in [1.29, 1.82) is 0 Å². The molecule has 2 heteroatoms. The summed E-state index contributed by atoms with van der Waals surface area (Å²) in [6.45, 7) is 2.67. The van der Waals surface area contributed by atoms with Gasteiger partial charge in [0.25, 0.3) is 0 Å². The molecule has 0 amide bonds. The normalized spacial score (nSPS) is 16.4. The van der Waals surface area contributed by atoms with Crippen molar-refractivity contribution in [2.75, 3.05) is 6.61 Å². The van der Waals surface area contributed by atoms with Gasteiger partial charge >= 0.3 is 0 Å². The lowest BCUT2D eigenvalue weighted by Gasteiger charge is -2.24. The molecule has 1 fully saturated rings. The van der Waals surface area contributed by atoms with Gasteiger partial charge in [0, 0.05) is 5.56 Å². The van der Waals surface area contributed by atoms with Crippen LogP contribution in [0.3, 0.4) is 0 Å². The van der Waals surface area contributed by atoms with Crippen LogP contribution < -0.4 is 4.74 Å². The summed E-state index contributed by atoms with van der Waals surface area (Å²) in [5.41, 5.74) is 1.14. The molecule has 0 saturated heterocycles. The fraction of sp³-hybridized carbons (Fsp3) is 0.444. The lowest BCUT2D eigenvalue weighted by atomic mass is 9.81. The van der Waals surface area contributed by atoms with E-state index in [0.717, 1.165) is 16.7 Å². The van der Waals surface area contributed by atoms with Crippen LogP contribution in [0.2, 0.25) is 0 Å². The van der Waals surface area contributed by atoms with Crippen LogP contribution in [0.4, 0.5) is 0 Å². The maximum atomic E-state index is 10.3. The largest absolute Gasteiger partial charge is 0.508 e. The first-order valence-electron chi connectivity index (χ1n) is 7.68. The lowest BCUT2D eigenvalue weighted by molar-refractivity contribution is 0.340. The van der Waals surface area contributed by atoms with Crippen molar-refractivity contribution < 1.29 is 9.84 Å². The molecule has 20 heavy (non-hydrogen) atoms. The molecule has 0 radical (unpaired) electrons. The third-order valence-electron chi connectivity index (χ3n) is 4.33. The van der Waals surface area contributed by atoms with Gasteiger partial charge in [0.1, 0.15) is 11.5 Å². The van der Waals surface area contributed by atoms with Crippen molar-refractivity contribution in [3.63, 3.8) is 0 Å². The second-order valence-corrected chi connectivity index (χ2v) is 5.65. The number of phenols is 1. The van der Waals surface area contributed by atoms with Crippen LogP contribution >= 0.6 is 0 Å². The molecular weight excluding hydrogens is 248 g/mol. The standard InChI is InChI=1S/C18H22O2/c1-2-20-15-9-10-16-14(12-15)8-11-17(19)18(16)13-6-4-3-5-7-13/h8-13,19H,2-7H2,1H3.